The summed E-state index contributed by atoms with van der Waals surface area (Å²) in [5.41, 5.74) is 1.26. The summed E-state index contributed by atoms with van der Waals surface area (Å²) in [6.45, 7) is 7.28. The van der Waals surface area contributed by atoms with E-state index in [2.05, 4.69) is 19.2 Å². The van der Waals surface area contributed by atoms with E-state index in [1.807, 2.05) is 13.0 Å². The molecule has 1 N–H and O–H groups in total. The van der Waals surface area contributed by atoms with E-state index in [1.165, 1.54) is 5.56 Å². The molecule has 0 saturated carbocycles. The minimum Gasteiger partial charge on any atom is -0.469 e. The molecule has 1 unspecified atom stereocenters. The van der Waals surface area contributed by atoms with Crippen LogP contribution in [0, 0.1) is 6.92 Å². The molecule has 0 fully saturated rings. The SMILES string of the molecule is CCC(C)NCc1ccoc1C. The van der Waals surface area contributed by atoms with Crippen molar-refractivity contribution in [2.45, 2.75) is 39.8 Å². The molecular formula is C10H17NO. The monoisotopic (exact) mass is 167 g/mol. The second kappa shape index (κ2) is 4.31. The van der Waals surface area contributed by atoms with Crippen LogP contribution < -0.4 is 5.32 Å². The Morgan fingerprint density at radius 1 is 1.58 bits per heavy atom. The quantitative estimate of drug-likeness (QED) is 0.745. The summed E-state index contributed by atoms with van der Waals surface area (Å²) in [7, 11) is 0. The van der Waals surface area contributed by atoms with Crippen LogP contribution in [0.4, 0.5) is 0 Å². The molecule has 0 saturated heterocycles. The van der Waals surface area contributed by atoms with E-state index in [9.17, 15) is 0 Å². The molecule has 0 bridgehead atoms. The first-order valence-electron chi connectivity index (χ1n) is 4.50. The Kier molecular flexibility index (Phi) is 3.35. The average Bonchev–Trinajstić information content (AvgIpc) is 2.47. The maximum atomic E-state index is 5.19. The van der Waals surface area contributed by atoms with Gasteiger partial charge in [0.25, 0.3) is 0 Å². The van der Waals surface area contributed by atoms with Gasteiger partial charge in [-0.2, -0.15) is 0 Å². The van der Waals surface area contributed by atoms with Crippen LogP contribution >= 0.6 is 0 Å². The van der Waals surface area contributed by atoms with E-state index in [0.717, 1.165) is 18.7 Å². The second-order valence-corrected chi connectivity index (χ2v) is 3.19. The zero-order chi connectivity index (χ0) is 8.97. The molecule has 0 amide bonds. The van der Waals surface area contributed by atoms with Crippen molar-refractivity contribution in [3.8, 4) is 0 Å². The van der Waals surface area contributed by atoms with Gasteiger partial charge in [0.2, 0.25) is 0 Å². The predicted molar refractivity (Wildman–Crippen MR) is 50.0 cm³/mol. The Bertz CT molecular complexity index is 229. The molecule has 1 aromatic rings. The van der Waals surface area contributed by atoms with Crippen molar-refractivity contribution in [3.05, 3.63) is 23.7 Å². The van der Waals surface area contributed by atoms with Crippen LogP contribution in [0.5, 0.6) is 0 Å². The van der Waals surface area contributed by atoms with Crippen molar-refractivity contribution in [3.63, 3.8) is 0 Å². The smallest absolute Gasteiger partial charge is 0.105 e. The molecule has 0 aromatic carbocycles. The molecule has 1 rings (SSSR count). The van der Waals surface area contributed by atoms with Crippen molar-refractivity contribution in [1.82, 2.24) is 5.32 Å². The molecule has 68 valence electrons. The van der Waals surface area contributed by atoms with Gasteiger partial charge in [0.05, 0.1) is 6.26 Å². The van der Waals surface area contributed by atoms with Crippen LogP contribution in [-0.2, 0) is 6.54 Å². The summed E-state index contributed by atoms with van der Waals surface area (Å²) < 4.78 is 5.19. The first kappa shape index (κ1) is 9.33. The fraction of sp³-hybridized carbons (Fsp3) is 0.600. The summed E-state index contributed by atoms with van der Waals surface area (Å²) in [5.74, 6) is 1.02. The van der Waals surface area contributed by atoms with Crippen molar-refractivity contribution in [2.75, 3.05) is 0 Å². The Balaban J connectivity index is 2.38. The Labute approximate surface area is 74.0 Å². The number of nitrogens with one attached hydrogen (secondary N) is 1. The zero-order valence-corrected chi connectivity index (χ0v) is 8.05. The highest BCUT2D eigenvalue weighted by Gasteiger charge is 2.02. The highest BCUT2D eigenvalue weighted by Crippen LogP contribution is 2.08. The lowest BCUT2D eigenvalue weighted by Crippen LogP contribution is -2.24. The van der Waals surface area contributed by atoms with Crippen molar-refractivity contribution < 1.29 is 4.42 Å². The van der Waals surface area contributed by atoms with Gasteiger partial charge in [-0.25, -0.2) is 0 Å². The van der Waals surface area contributed by atoms with Gasteiger partial charge < -0.3 is 9.73 Å². The van der Waals surface area contributed by atoms with E-state index in [4.69, 9.17) is 4.42 Å². The summed E-state index contributed by atoms with van der Waals surface area (Å²) in [6, 6.07) is 2.60. The van der Waals surface area contributed by atoms with Gasteiger partial charge in [-0.05, 0) is 26.3 Å². The topological polar surface area (TPSA) is 25.2 Å². The molecular weight excluding hydrogens is 150 g/mol. The van der Waals surface area contributed by atoms with Crippen molar-refractivity contribution in [1.29, 1.82) is 0 Å². The highest BCUT2D eigenvalue weighted by molar-refractivity contribution is 5.14. The zero-order valence-electron chi connectivity index (χ0n) is 8.05. The number of rotatable bonds is 4. The van der Waals surface area contributed by atoms with Gasteiger partial charge in [-0.3, -0.25) is 0 Å². The largest absolute Gasteiger partial charge is 0.469 e. The van der Waals surface area contributed by atoms with Crippen molar-refractivity contribution >= 4 is 0 Å². The lowest BCUT2D eigenvalue weighted by atomic mass is 10.2. The molecule has 2 heteroatoms. The second-order valence-electron chi connectivity index (χ2n) is 3.19. The van der Waals surface area contributed by atoms with Crippen LogP contribution in [0.25, 0.3) is 0 Å². The van der Waals surface area contributed by atoms with Gasteiger partial charge in [-0.15, -0.1) is 0 Å². The van der Waals surface area contributed by atoms with Crippen LogP contribution in [0.2, 0.25) is 0 Å². The highest BCUT2D eigenvalue weighted by atomic mass is 16.3. The third-order valence-electron chi connectivity index (χ3n) is 2.22. The molecule has 1 aromatic heterocycles. The fourth-order valence-electron chi connectivity index (χ4n) is 1.02. The van der Waals surface area contributed by atoms with Gasteiger partial charge >= 0.3 is 0 Å². The van der Waals surface area contributed by atoms with Crippen LogP contribution in [-0.4, -0.2) is 6.04 Å². The molecule has 12 heavy (non-hydrogen) atoms. The molecule has 0 aliphatic rings. The van der Waals surface area contributed by atoms with Gasteiger partial charge in [0, 0.05) is 18.2 Å². The maximum absolute atomic E-state index is 5.19. The Morgan fingerprint density at radius 2 is 2.33 bits per heavy atom. The minimum atomic E-state index is 0.583. The molecule has 2 nitrogen and oxygen atoms in total. The van der Waals surface area contributed by atoms with E-state index in [-0.39, 0.29) is 0 Å². The first-order chi connectivity index (χ1) is 5.74. The van der Waals surface area contributed by atoms with Crippen LogP contribution in [0.1, 0.15) is 31.6 Å². The van der Waals surface area contributed by atoms with E-state index in [1.54, 1.807) is 6.26 Å². The number of aryl methyl sites for hydroxylation is 1. The van der Waals surface area contributed by atoms with E-state index in [0.29, 0.717) is 6.04 Å². The summed E-state index contributed by atoms with van der Waals surface area (Å²) in [6.07, 6.45) is 2.90. The minimum absolute atomic E-state index is 0.583. The lowest BCUT2D eigenvalue weighted by Gasteiger charge is -2.09. The van der Waals surface area contributed by atoms with Gasteiger partial charge in [-0.1, -0.05) is 6.92 Å². The van der Waals surface area contributed by atoms with Crippen molar-refractivity contribution in [2.24, 2.45) is 0 Å². The van der Waals surface area contributed by atoms with E-state index < -0.39 is 0 Å². The molecule has 1 atom stereocenters. The summed E-state index contributed by atoms with van der Waals surface area (Å²) in [5, 5.41) is 3.42. The van der Waals surface area contributed by atoms with Crippen LogP contribution in [0.15, 0.2) is 16.7 Å². The third kappa shape index (κ3) is 2.38. The first-order valence-corrected chi connectivity index (χ1v) is 4.50. The molecule has 0 spiro atoms. The van der Waals surface area contributed by atoms with E-state index >= 15 is 0 Å². The van der Waals surface area contributed by atoms with Gasteiger partial charge in [0.1, 0.15) is 5.76 Å². The maximum Gasteiger partial charge on any atom is 0.105 e. The standard InChI is InChI=1S/C10H17NO/c1-4-8(2)11-7-10-5-6-12-9(10)3/h5-6,8,11H,4,7H2,1-3H3. The summed E-state index contributed by atoms with van der Waals surface area (Å²) in [4.78, 5) is 0. The van der Waals surface area contributed by atoms with Crippen LogP contribution in [0.3, 0.4) is 0 Å². The Morgan fingerprint density at radius 3 is 2.83 bits per heavy atom. The molecule has 0 radical (unpaired) electrons. The average molecular weight is 167 g/mol. The molecule has 1 heterocycles. The third-order valence-corrected chi connectivity index (χ3v) is 2.22. The number of hydrogen-bond acceptors (Lipinski definition) is 2. The number of furan rings is 1. The van der Waals surface area contributed by atoms with Gasteiger partial charge in [0.15, 0.2) is 0 Å². The normalized spacial score (nSPS) is 13.2. The Hall–Kier alpha value is -0.760. The fourth-order valence-corrected chi connectivity index (χ4v) is 1.02. The molecule has 0 aliphatic carbocycles. The predicted octanol–water partition coefficient (Wildman–Crippen LogP) is 2.48. The lowest BCUT2D eigenvalue weighted by molar-refractivity contribution is 0.508. The number of hydrogen-bond donors (Lipinski definition) is 1. The summed E-state index contributed by atoms with van der Waals surface area (Å²) >= 11 is 0. The molecule has 0 aliphatic heterocycles.